The maximum absolute atomic E-state index is 11.8. The fourth-order valence-corrected chi connectivity index (χ4v) is 2.18. The summed E-state index contributed by atoms with van der Waals surface area (Å²) >= 11 is 3.43. The van der Waals surface area contributed by atoms with Crippen molar-refractivity contribution < 1.29 is 9.53 Å². The monoisotopic (exact) mass is 313 g/mol. The van der Waals surface area contributed by atoms with E-state index in [1.807, 2.05) is 32.0 Å². The van der Waals surface area contributed by atoms with Gasteiger partial charge >= 0.3 is 0 Å². The minimum Gasteiger partial charge on any atom is -0.483 e. The number of halogens is 1. The molecule has 0 saturated heterocycles. The maximum atomic E-state index is 11.8. The fraction of sp³-hybridized carbons (Fsp3) is 0.500. The first-order chi connectivity index (χ1) is 8.62. The molecule has 0 radical (unpaired) electrons. The normalized spacial score (nSPS) is 10.2. The summed E-state index contributed by atoms with van der Waals surface area (Å²) in [6.07, 6.45) is 0.883. The number of ether oxygens (including phenoxy) is 1. The van der Waals surface area contributed by atoms with Crippen LogP contribution in [-0.4, -0.2) is 30.5 Å². The SMILES string of the molecule is CCc1cc(Br)ccc1OCC(=O)N(CC)CC. The van der Waals surface area contributed by atoms with Crippen molar-refractivity contribution in [2.24, 2.45) is 0 Å². The van der Waals surface area contributed by atoms with Gasteiger partial charge in [-0.3, -0.25) is 4.79 Å². The Kier molecular flexibility index (Phi) is 6.19. The molecule has 4 heteroatoms. The number of benzene rings is 1. The van der Waals surface area contributed by atoms with Gasteiger partial charge in [0.1, 0.15) is 5.75 Å². The molecule has 0 bridgehead atoms. The van der Waals surface area contributed by atoms with Crippen LogP contribution < -0.4 is 4.74 Å². The van der Waals surface area contributed by atoms with Crippen molar-refractivity contribution in [3.05, 3.63) is 28.2 Å². The molecule has 0 spiro atoms. The standard InChI is InChI=1S/C14H20BrNO2/c1-4-11-9-12(15)7-8-13(11)18-10-14(17)16(5-2)6-3/h7-9H,4-6,10H2,1-3H3. The fourth-order valence-electron chi connectivity index (χ4n) is 1.77. The van der Waals surface area contributed by atoms with Crippen molar-refractivity contribution >= 4 is 21.8 Å². The van der Waals surface area contributed by atoms with Gasteiger partial charge in [0.05, 0.1) is 0 Å². The molecule has 0 atom stereocenters. The van der Waals surface area contributed by atoms with Crippen molar-refractivity contribution in [2.45, 2.75) is 27.2 Å². The molecular weight excluding hydrogens is 294 g/mol. The van der Waals surface area contributed by atoms with Crippen LogP contribution in [0.15, 0.2) is 22.7 Å². The minimum absolute atomic E-state index is 0.0324. The lowest BCUT2D eigenvalue weighted by atomic mass is 10.1. The van der Waals surface area contributed by atoms with Gasteiger partial charge in [-0.25, -0.2) is 0 Å². The highest BCUT2D eigenvalue weighted by Crippen LogP contribution is 2.23. The molecule has 18 heavy (non-hydrogen) atoms. The zero-order valence-electron chi connectivity index (χ0n) is 11.2. The van der Waals surface area contributed by atoms with Gasteiger partial charge in [0.25, 0.3) is 5.91 Å². The van der Waals surface area contributed by atoms with Crippen molar-refractivity contribution in [1.29, 1.82) is 0 Å². The second-order valence-corrected chi connectivity index (χ2v) is 4.88. The first kappa shape index (κ1) is 15.0. The molecule has 0 saturated carbocycles. The summed E-state index contributed by atoms with van der Waals surface area (Å²) in [6, 6.07) is 5.85. The van der Waals surface area contributed by atoms with Crippen LogP contribution in [0.3, 0.4) is 0 Å². The maximum Gasteiger partial charge on any atom is 0.260 e. The third kappa shape index (κ3) is 4.02. The number of amides is 1. The second kappa shape index (κ2) is 7.41. The van der Waals surface area contributed by atoms with Crippen molar-refractivity contribution in [2.75, 3.05) is 19.7 Å². The lowest BCUT2D eigenvalue weighted by molar-refractivity contribution is -0.132. The number of carbonyl (C=O) groups excluding carboxylic acids is 1. The Bertz CT molecular complexity index is 403. The summed E-state index contributed by atoms with van der Waals surface area (Å²) in [4.78, 5) is 13.6. The smallest absolute Gasteiger partial charge is 0.260 e. The molecule has 1 aromatic carbocycles. The average molecular weight is 314 g/mol. The summed E-state index contributed by atoms with van der Waals surface area (Å²) in [6.45, 7) is 7.56. The van der Waals surface area contributed by atoms with Crippen LogP contribution in [0.1, 0.15) is 26.3 Å². The zero-order chi connectivity index (χ0) is 13.5. The van der Waals surface area contributed by atoms with Crippen molar-refractivity contribution in [1.82, 2.24) is 4.90 Å². The molecule has 1 rings (SSSR count). The highest BCUT2D eigenvalue weighted by Gasteiger charge is 2.11. The van der Waals surface area contributed by atoms with E-state index < -0.39 is 0 Å². The molecule has 0 N–H and O–H groups in total. The van der Waals surface area contributed by atoms with Crippen LogP contribution in [0.4, 0.5) is 0 Å². The molecule has 0 aliphatic heterocycles. The Balaban J connectivity index is 2.66. The van der Waals surface area contributed by atoms with E-state index in [2.05, 4.69) is 22.9 Å². The van der Waals surface area contributed by atoms with Gasteiger partial charge < -0.3 is 9.64 Å². The molecule has 0 aliphatic carbocycles. The Morgan fingerprint density at radius 1 is 1.28 bits per heavy atom. The topological polar surface area (TPSA) is 29.5 Å². The van der Waals surface area contributed by atoms with E-state index in [9.17, 15) is 4.79 Å². The third-order valence-corrected chi connectivity index (χ3v) is 3.36. The third-order valence-electron chi connectivity index (χ3n) is 2.87. The Labute approximate surface area is 117 Å². The summed E-state index contributed by atoms with van der Waals surface area (Å²) in [5, 5.41) is 0. The van der Waals surface area contributed by atoms with Gasteiger partial charge in [-0.05, 0) is 44.0 Å². The quantitative estimate of drug-likeness (QED) is 0.806. The summed E-state index contributed by atoms with van der Waals surface area (Å²) in [5.41, 5.74) is 1.11. The van der Waals surface area contributed by atoms with Crippen LogP contribution in [0.5, 0.6) is 5.75 Å². The molecule has 3 nitrogen and oxygen atoms in total. The molecular formula is C14H20BrNO2. The zero-order valence-corrected chi connectivity index (χ0v) is 12.8. The van der Waals surface area contributed by atoms with Crippen LogP contribution in [-0.2, 0) is 11.2 Å². The van der Waals surface area contributed by atoms with Gasteiger partial charge in [-0.2, -0.15) is 0 Å². The number of likely N-dealkylation sites (N-methyl/N-ethyl adjacent to an activating group) is 1. The number of rotatable bonds is 6. The predicted molar refractivity (Wildman–Crippen MR) is 76.9 cm³/mol. The number of carbonyl (C=O) groups is 1. The second-order valence-electron chi connectivity index (χ2n) is 3.96. The summed E-state index contributed by atoms with van der Waals surface area (Å²) < 4.78 is 6.65. The molecule has 0 heterocycles. The molecule has 1 aromatic rings. The molecule has 0 aromatic heterocycles. The molecule has 0 aliphatic rings. The van der Waals surface area contributed by atoms with Crippen molar-refractivity contribution in [3.8, 4) is 5.75 Å². The van der Waals surface area contributed by atoms with Crippen LogP contribution >= 0.6 is 15.9 Å². The van der Waals surface area contributed by atoms with E-state index in [0.29, 0.717) is 0 Å². The number of hydrogen-bond donors (Lipinski definition) is 0. The van der Waals surface area contributed by atoms with E-state index in [1.54, 1.807) is 4.90 Å². The van der Waals surface area contributed by atoms with Crippen LogP contribution in [0.25, 0.3) is 0 Å². The van der Waals surface area contributed by atoms with Gasteiger partial charge in [0.2, 0.25) is 0 Å². The predicted octanol–water partition coefficient (Wildman–Crippen LogP) is 3.26. The summed E-state index contributed by atoms with van der Waals surface area (Å²) in [7, 11) is 0. The highest BCUT2D eigenvalue weighted by atomic mass is 79.9. The van der Waals surface area contributed by atoms with E-state index in [0.717, 1.165) is 35.3 Å². The molecule has 0 fully saturated rings. The van der Waals surface area contributed by atoms with E-state index in [-0.39, 0.29) is 12.5 Å². The van der Waals surface area contributed by atoms with Gasteiger partial charge in [0, 0.05) is 17.6 Å². The Hall–Kier alpha value is -1.03. The first-order valence-corrected chi connectivity index (χ1v) is 7.10. The van der Waals surface area contributed by atoms with Crippen LogP contribution in [0, 0.1) is 0 Å². The van der Waals surface area contributed by atoms with E-state index >= 15 is 0 Å². The van der Waals surface area contributed by atoms with Gasteiger partial charge in [-0.15, -0.1) is 0 Å². The summed E-state index contributed by atoms with van der Waals surface area (Å²) in [5.74, 6) is 0.825. The highest BCUT2D eigenvalue weighted by molar-refractivity contribution is 9.10. The molecule has 0 unspecified atom stereocenters. The minimum atomic E-state index is 0.0324. The molecule has 1 amide bonds. The number of hydrogen-bond acceptors (Lipinski definition) is 2. The van der Waals surface area contributed by atoms with Gasteiger partial charge in [0.15, 0.2) is 6.61 Å². The van der Waals surface area contributed by atoms with E-state index in [1.165, 1.54) is 0 Å². The number of aryl methyl sites for hydroxylation is 1. The largest absolute Gasteiger partial charge is 0.483 e. The Morgan fingerprint density at radius 3 is 2.50 bits per heavy atom. The lowest BCUT2D eigenvalue weighted by Crippen LogP contribution is -2.34. The number of nitrogens with zero attached hydrogens (tertiary/aromatic N) is 1. The van der Waals surface area contributed by atoms with Crippen LogP contribution in [0.2, 0.25) is 0 Å². The Morgan fingerprint density at radius 2 is 1.94 bits per heavy atom. The molecule has 100 valence electrons. The lowest BCUT2D eigenvalue weighted by Gasteiger charge is -2.19. The van der Waals surface area contributed by atoms with Gasteiger partial charge in [-0.1, -0.05) is 22.9 Å². The van der Waals surface area contributed by atoms with E-state index in [4.69, 9.17) is 4.74 Å². The first-order valence-electron chi connectivity index (χ1n) is 6.31. The van der Waals surface area contributed by atoms with Crippen molar-refractivity contribution in [3.63, 3.8) is 0 Å². The average Bonchev–Trinajstić information content (AvgIpc) is 2.38.